The minimum absolute atomic E-state index is 0.197. The second-order valence-electron chi connectivity index (χ2n) is 7.10. The van der Waals surface area contributed by atoms with E-state index in [-0.39, 0.29) is 6.54 Å². The third-order valence-electron chi connectivity index (χ3n) is 5.31. The Bertz CT molecular complexity index is 1420. The Morgan fingerprint density at radius 1 is 0.967 bits per heavy atom. The van der Waals surface area contributed by atoms with Crippen molar-refractivity contribution in [2.24, 2.45) is 5.73 Å². The van der Waals surface area contributed by atoms with E-state index in [1.807, 2.05) is 46.3 Å². The first kappa shape index (κ1) is 18.5. The Balaban J connectivity index is 1.82. The van der Waals surface area contributed by atoms with Crippen LogP contribution in [0.3, 0.4) is 0 Å². The molecule has 2 aromatic heterocycles. The Kier molecular flexibility index (Phi) is 4.37. The molecule has 0 aliphatic rings. The van der Waals surface area contributed by atoms with E-state index in [9.17, 15) is 13.6 Å². The van der Waals surface area contributed by atoms with Crippen LogP contribution in [-0.4, -0.2) is 10.5 Å². The fourth-order valence-corrected chi connectivity index (χ4v) is 4.66. The molecule has 0 unspecified atom stereocenters. The van der Waals surface area contributed by atoms with Crippen molar-refractivity contribution in [1.29, 1.82) is 0 Å². The quantitative estimate of drug-likeness (QED) is 0.385. The maximum atomic E-state index is 14.4. The number of hydrogen-bond acceptors (Lipinski definition) is 2. The maximum Gasteiger partial charge on any atom is 0.249 e. The molecule has 0 fully saturated rings. The van der Waals surface area contributed by atoms with E-state index < -0.39 is 17.5 Å². The lowest BCUT2D eigenvalue weighted by molar-refractivity contribution is 0.100. The first-order valence-corrected chi connectivity index (χ1v) is 10.2. The van der Waals surface area contributed by atoms with E-state index in [4.69, 9.17) is 5.73 Å². The van der Waals surface area contributed by atoms with Gasteiger partial charge in [-0.2, -0.15) is 0 Å². The monoisotopic (exact) mass is 418 g/mol. The molecule has 148 valence electrons. The molecule has 0 radical (unpaired) electrons. The van der Waals surface area contributed by atoms with Gasteiger partial charge in [0.1, 0.15) is 11.6 Å². The smallest absolute Gasteiger partial charge is 0.249 e. The second-order valence-corrected chi connectivity index (χ2v) is 8.04. The zero-order valence-electron chi connectivity index (χ0n) is 15.7. The van der Waals surface area contributed by atoms with Crippen molar-refractivity contribution in [3.63, 3.8) is 0 Å². The molecule has 0 aliphatic carbocycles. The summed E-state index contributed by atoms with van der Waals surface area (Å²) in [7, 11) is 0. The predicted molar refractivity (Wildman–Crippen MR) is 117 cm³/mol. The molecule has 2 N–H and O–H groups in total. The van der Waals surface area contributed by atoms with Crippen LogP contribution in [-0.2, 0) is 6.54 Å². The van der Waals surface area contributed by atoms with E-state index in [1.54, 1.807) is 23.5 Å². The lowest BCUT2D eigenvalue weighted by Gasteiger charge is -2.10. The number of rotatable bonds is 4. The van der Waals surface area contributed by atoms with Crippen LogP contribution in [0.25, 0.3) is 32.2 Å². The van der Waals surface area contributed by atoms with Gasteiger partial charge in [0.15, 0.2) is 0 Å². The lowest BCUT2D eigenvalue weighted by atomic mass is 10.0. The number of hydrogen-bond donors (Lipinski definition) is 1. The average Bonchev–Trinajstić information content (AvgIpc) is 3.36. The zero-order chi connectivity index (χ0) is 20.8. The van der Waals surface area contributed by atoms with Crippen LogP contribution in [0, 0.1) is 11.6 Å². The van der Waals surface area contributed by atoms with Gasteiger partial charge in [-0.15, -0.1) is 11.3 Å². The number of nitrogens with zero attached hydrogens (tertiary/aromatic N) is 1. The van der Waals surface area contributed by atoms with Crippen molar-refractivity contribution in [3.8, 4) is 10.4 Å². The van der Waals surface area contributed by atoms with Gasteiger partial charge in [0.05, 0.1) is 17.6 Å². The van der Waals surface area contributed by atoms with Crippen molar-refractivity contribution >= 4 is 39.0 Å². The molecule has 0 saturated heterocycles. The Labute approximate surface area is 175 Å². The first-order valence-electron chi connectivity index (χ1n) is 9.35. The van der Waals surface area contributed by atoms with Gasteiger partial charge in [-0.1, -0.05) is 30.3 Å². The topological polar surface area (TPSA) is 48.0 Å². The molecule has 6 heteroatoms. The Morgan fingerprint density at radius 2 is 1.83 bits per heavy atom. The molecule has 0 atom stereocenters. The van der Waals surface area contributed by atoms with Crippen molar-refractivity contribution in [1.82, 2.24) is 4.57 Å². The normalized spacial score (nSPS) is 11.4. The van der Waals surface area contributed by atoms with Gasteiger partial charge < -0.3 is 10.3 Å². The van der Waals surface area contributed by atoms with E-state index in [1.165, 1.54) is 12.1 Å². The largest absolute Gasteiger partial charge is 0.366 e. The summed E-state index contributed by atoms with van der Waals surface area (Å²) in [6, 6.07) is 19.0. The molecule has 0 bridgehead atoms. The van der Waals surface area contributed by atoms with Crippen LogP contribution in [0.2, 0.25) is 0 Å². The van der Waals surface area contributed by atoms with Crippen molar-refractivity contribution in [2.45, 2.75) is 6.54 Å². The number of benzene rings is 3. The van der Waals surface area contributed by atoms with Crippen LogP contribution in [0.5, 0.6) is 0 Å². The second kappa shape index (κ2) is 7.07. The van der Waals surface area contributed by atoms with E-state index in [2.05, 4.69) is 0 Å². The first-order chi connectivity index (χ1) is 14.5. The lowest BCUT2D eigenvalue weighted by Crippen LogP contribution is -2.11. The highest BCUT2D eigenvalue weighted by Gasteiger charge is 2.18. The van der Waals surface area contributed by atoms with E-state index in [0.717, 1.165) is 38.3 Å². The maximum absolute atomic E-state index is 14.4. The van der Waals surface area contributed by atoms with Gasteiger partial charge in [0.2, 0.25) is 5.91 Å². The van der Waals surface area contributed by atoms with Crippen LogP contribution in [0.15, 0.2) is 72.1 Å². The van der Waals surface area contributed by atoms with Crippen molar-refractivity contribution < 1.29 is 13.6 Å². The SMILES string of the molecule is NC(=O)c1cccc2c1c1ccc(-c3cccs3)cc1n2Cc1ccc(F)cc1F. The average molecular weight is 418 g/mol. The third kappa shape index (κ3) is 2.97. The molecular formula is C24H16F2N2OS. The van der Waals surface area contributed by atoms with Crippen LogP contribution < -0.4 is 5.73 Å². The molecule has 30 heavy (non-hydrogen) atoms. The minimum atomic E-state index is -0.616. The van der Waals surface area contributed by atoms with Gasteiger partial charge in [-0.05, 0) is 41.3 Å². The summed E-state index contributed by atoms with van der Waals surface area (Å²) in [5, 5.41) is 3.61. The van der Waals surface area contributed by atoms with Crippen molar-refractivity contribution in [3.05, 3.63) is 94.9 Å². The molecule has 3 aromatic carbocycles. The fraction of sp³-hybridized carbons (Fsp3) is 0.0417. The molecule has 5 rings (SSSR count). The summed E-state index contributed by atoms with van der Waals surface area (Å²) < 4.78 is 29.8. The van der Waals surface area contributed by atoms with Crippen LogP contribution >= 0.6 is 11.3 Å². The minimum Gasteiger partial charge on any atom is -0.366 e. The summed E-state index contributed by atoms with van der Waals surface area (Å²) in [5.74, 6) is -1.74. The van der Waals surface area contributed by atoms with Gasteiger partial charge in [-0.25, -0.2) is 8.78 Å². The highest BCUT2D eigenvalue weighted by Crippen LogP contribution is 2.36. The molecular weight excluding hydrogens is 402 g/mol. The Hall–Kier alpha value is -3.51. The highest BCUT2D eigenvalue weighted by molar-refractivity contribution is 7.13. The number of fused-ring (bicyclic) bond motifs is 3. The van der Waals surface area contributed by atoms with Crippen LogP contribution in [0.1, 0.15) is 15.9 Å². The molecule has 0 aliphatic heterocycles. The third-order valence-corrected chi connectivity index (χ3v) is 6.22. The molecule has 1 amide bonds. The Morgan fingerprint density at radius 3 is 2.57 bits per heavy atom. The van der Waals surface area contributed by atoms with Gasteiger partial charge >= 0.3 is 0 Å². The van der Waals surface area contributed by atoms with Crippen molar-refractivity contribution in [2.75, 3.05) is 0 Å². The number of carbonyl (C=O) groups excluding carboxylic acids is 1. The standard InChI is InChI=1S/C24H16F2N2OS/c25-16-8-6-15(19(26)12-16)13-28-20-4-1-3-18(24(27)29)23(20)17-9-7-14(11-21(17)28)22-5-2-10-30-22/h1-12H,13H2,(H2,27,29). The number of thiophene rings is 1. The molecule has 0 saturated carbocycles. The number of nitrogens with two attached hydrogens (primary N) is 1. The molecule has 2 heterocycles. The molecule has 3 nitrogen and oxygen atoms in total. The highest BCUT2D eigenvalue weighted by atomic mass is 32.1. The number of halogens is 2. The summed E-state index contributed by atoms with van der Waals surface area (Å²) >= 11 is 1.63. The summed E-state index contributed by atoms with van der Waals surface area (Å²) in [5.41, 5.74) is 9.07. The fourth-order valence-electron chi connectivity index (χ4n) is 3.94. The van der Waals surface area contributed by atoms with Gasteiger partial charge in [0, 0.05) is 32.8 Å². The number of carbonyl (C=O) groups is 1. The number of amides is 1. The predicted octanol–water partition coefficient (Wildman–Crippen LogP) is 5.95. The number of primary amides is 1. The molecule has 0 spiro atoms. The summed E-state index contributed by atoms with van der Waals surface area (Å²) in [4.78, 5) is 13.2. The summed E-state index contributed by atoms with van der Waals surface area (Å²) in [6.07, 6.45) is 0. The zero-order valence-corrected chi connectivity index (χ0v) is 16.5. The summed E-state index contributed by atoms with van der Waals surface area (Å²) in [6.45, 7) is 0.197. The molecule has 5 aromatic rings. The van der Waals surface area contributed by atoms with E-state index >= 15 is 0 Å². The van der Waals surface area contributed by atoms with E-state index in [0.29, 0.717) is 11.1 Å². The van der Waals surface area contributed by atoms with Gasteiger partial charge in [-0.3, -0.25) is 4.79 Å². The van der Waals surface area contributed by atoms with Gasteiger partial charge in [0.25, 0.3) is 0 Å². The number of aromatic nitrogens is 1. The van der Waals surface area contributed by atoms with Crippen LogP contribution in [0.4, 0.5) is 8.78 Å².